The van der Waals surface area contributed by atoms with Crippen molar-refractivity contribution in [2.45, 2.75) is 52.5 Å². The van der Waals surface area contributed by atoms with Crippen molar-refractivity contribution in [2.75, 3.05) is 18.1 Å². The highest BCUT2D eigenvalue weighted by Gasteiger charge is 2.26. The number of hydrogen-bond donors (Lipinski definition) is 0. The van der Waals surface area contributed by atoms with Gasteiger partial charge in [-0.05, 0) is 25.7 Å². The van der Waals surface area contributed by atoms with Crippen LogP contribution in [0.1, 0.15) is 56.9 Å². The van der Waals surface area contributed by atoms with E-state index >= 15 is 0 Å². The van der Waals surface area contributed by atoms with Gasteiger partial charge in [-0.15, -0.1) is 11.3 Å². The third kappa shape index (κ3) is 3.72. The molecule has 20 heavy (non-hydrogen) atoms. The van der Waals surface area contributed by atoms with E-state index in [1.54, 1.807) is 11.3 Å². The first-order valence-corrected chi connectivity index (χ1v) is 8.39. The van der Waals surface area contributed by atoms with Gasteiger partial charge in [0.05, 0.1) is 6.61 Å². The molecule has 0 radical (unpaired) electrons. The second kappa shape index (κ2) is 7.07. The van der Waals surface area contributed by atoms with Crippen LogP contribution in [0.3, 0.4) is 0 Å². The summed E-state index contributed by atoms with van der Waals surface area (Å²) in [6, 6.07) is 0.582. The zero-order chi connectivity index (χ0) is 14.5. The number of rotatable bonds is 6. The average molecular weight is 296 g/mol. The Morgan fingerprint density at radius 2 is 2.20 bits per heavy atom. The number of nitrogens with zero attached hydrogens (tertiary/aromatic N) is 2. The quantitative estimate of drug-likeness (QED) is 0.750. The minimum absolute atomic E-state index is 0.314. The molecule has 1 aliphatic rings. The molecule has 0 N–H and O–H groups in total. The largest absolute Gasteiger partial charge is 0.461 e. The van der Waals surface area contributed by atoms with Crippen LogP contribution < -0.4 is 4.90 Å². The highest BCUT2D eigenvalue weighted by molar-refractivity contribution is 7.13. The summed E-state index contributed by atoms with van der Waals surface area (Å²) in [5.74, 6) is 0.275. The molecule has 112 valence electrons. The van der Waals surface area contributed by atoms with Gasteiger partial charge in [-0.3, -0.25) is 0 Å². The number of ether oxygens (including phenoxy) is 1. The molecule has 1 heterocycles. The Hall–Kier alpha value is -1.10. The zero-order valence-corrected chi connectivity index (χ0v) is 13.4. The molecule has 1 aliphatic carbocycles. The van der Waals surface area contributed by atoms with E-state index in [1.165, 1.54) is 25.7 Å². The van der Waals surface area contributed by atoms with Crippen molar-refractivity contribution in [1.29, 1.82) is 0 Å². The molecule has 0 aliphatic heterocycles. The molecular formula is C15H24N2O2S. The molecule has 0 amide bonds. The summed E-state index contributed by atoms with van der Waals surface area (Å²) >= 11 is 1.55. The normalized spacial score (nSPS) is 15.8. The third-order valence-corrected chi connectivity index (χ3v) is 4.43. The van der Waals surface area contributed by atoms with Crippen molar-refractivity contribution in [3.05, 3.63) is 11.1 Å². The third-order valence-electron chi connectivity index (χ3n) is 3.55. The Labute approximate surface area is 125 Å². The van der Waals surface area contributed by atoms with Crippen LogP contribution in [0.25, 0.3) is 0 Å². The summed E-state index contributed by atoms with van der Waals surface area (Å²) in [5.41, 5.74) is 0.443. The van der Waals surface area contributed by atoms with Crippen molar-refractivity contribution in [3.63, 3.8) is 0 Å². The summed E-state index contributed by atoms with van der Waals surface area (Å²) in [6.07, 6.45) is 5.08. The standard InChI is InChI=1S/C15H24N2O2S/c1-4-19-14(18)13-10-20-15(16-13)17(9-11(2)3)12-7-5-6-8-12/h10-12H,4-9H2,1-3H3. The van der Waals surface area contributed by atoms with Crippen molar-refractivity contribution in [1.82, 2.24) is 4.98 Å². The number of anilines is 1. The number of esters is 1. The predicted octanol–water partition coefficient (Wildman–Crippen LogP) is 3.72. The Morgan fingerprint density at radius 1 is 1.50 bits per heavy atom. The van der Waals surface area contributed by atoms with E-state index < -0.39 is 0 Å². The van der Waals surface area contributed by atoms with E-state index in [2.05, 4.69) is 23.7 Å². The van der Waals surface area contributed by atoms with E-state index in [0.717, 1.165) is 11.7 Å². The smallest absolute Gasteiger partial charge is 0.357 e. The number of carbonyl (C=O) groups is 1. The summed E-state index contributed by atoms with van der Waals surface area (Å²) in [6.45, 7) is 7.66. The van der Waals surface area contributed by atoms with Crippen LogP contribution in [0, 0.1) is 5.92 Å². The first kappa shape index (κ1) is 15.3. The minimum atomic E-state index is -0.314. The molecule has 5 heteroatoms. The summed E-state index contributed by atoms with van der Waals surface area (Å²) in [5, 5.41) is 2.78. The Kier molecular flexibility index (Phi) is 5.40. The Balaban J connectivity index is 2.13. The first-order valence-electron chi connectivity index (χ1n) is 7.51. The maximum absolute atomic E-state index is 11.7. The van der Waals surface area contributed by atoms with Crippen LogP contribution in [0.5, 0.6) is 0 Å². The van der Waals surface area contributed by atoms with E-state index in [-0.39, 0.29) is 5.97 Å². The molecule has 0 saturated heterocycles. The van der Waals surface area contributed by atoms with E-state index in [4.69, 9.17) is 4.74 Å². The van der Waals surface area contributed by atoms with E-state index in [0.29, 0.717) is 24.3 Å². The molecule has 1 aromatic heterocycles. The fourth-order valence-electron chi connectivity index (χ4n) is 2.69. The lowest BCUT2D eigenvalue weighted by Crippen LogP contribution is -2.36. The van der Waals surface area contributed by atoms with Crippen molar-refractivity contribution in [3.8, 4) is 0 Å². The fourth-order valence-corrected chi connectivity index (χ4v) is 3.56. The molecule has 0 unspecified atom stereocenters. The highest BCUT2D eigenvalue weighted by Crippen LogP contribution is 2.31. The van der Waals surface area contributed by atoms with Gasteiger partial charge < -0.3 is 9.64 Å². The SMILES string of the molecule is CCOC(=O)c1csc(N(CC(C)C)C2CCCC2)n1. The number of aromatic nitrogens is 1. The van der Waals surface area contributed by atoms with Gasteiger partial charge in [-0.2, -0.15) is 0 Å². The number of hydrogen-bond acceptors (Lipinski definition) is 5. The predicted molar refractivity (Wildman–Crippen MR) is 82.5 cm³/mol. The molecule has 1 aromatic rings. The first-order chi connectivity index (χ1) is 9.61. The van der Waals surface area contributed by atoms with Gasteiger partial charge in [0, 0.05) is 18.0 Å². The topological polar surface area (TPSA) is 42.4 Å². The van der Waals surface area contributed by atoms with Gasteiger partial charge in [0.2, 0.25) is 0 Å². The summed E-state index contributed by atoms with van der Waals surface area (Å²) in [4.78, 5) is 18.6. The summed E-state index contributed by atoms with van der Waals surface area (Å²) < 4.78 is 5.01. The van der Waals surface area contributed by atoms with E-state index in [1.807, 2.05) is 12.3 Å². The van der Waals surface area contributed by atoms with Gasteiger partial charge in [0.25, 0.3) is 0 Å². The maximum Gasteiger partial charge on any atom is 0.357 e. The van der Waals surface area contributed by atoms with E-state index in [9.17, 15) is 4.79 Å². The van der Waals surface area contributed by atoms with Gasteiger partial charge in [0.1, 0.15) is 0 Å². The lowest BCUT2D eigenvalue weighted by atomic mass is 10.1. The molecule has 4 nitrogen and oxygen atoms in total. The Morgan fingerprint density at radius 3 is 2.80 bits per heavy atom. The van der Waals surface area contributed by atoms with Crippen LogP contribution in [0.2, 0.25) is 0 Å². The monoisotopic (exact) mass is 296 g/mol. The molecule has 0 atom stereocenters. The van der Waals surface area contributed by atoms with Crippen LogP contribution in [-0.4, -0.2) is 30.1 Å². The van der Waals surface area contributed by atoms with Gasteiger partial charge in [-0.1, -0.05) is 26.7 Å². The van der Waals surface area contributed by atoms with Gasteiger partial charge >= 0.3 is 5.97 Å². The maximum atomic E-state index is 11.7. The van der Waals surface area contributed by atoms with Crippen LogP contribution in [-0.2, 0) is 4.74 Å². The second-order valence-corrected chi connectivity index (χ2v) is 6.56. The fraction of sp³-hybridized carbons (Fsp3) is 0.733. The molecule has 2 rings (SSSR count). The van der Waals surface area contributed by atoms with Crippen LogP contribution >= 0.6 is 11.3 Å². The summed E-state index contributed by atoms with van der Waals surface area (Å²) in [7, 11) is 0. The van der Waals surface area contributed by atoms with Crippen molar-refractivity contribution >= 4 is 22.4 Å². The number of carbonyl (C=O) groups excluding carboxylic acids is 1. The van der Waals surface area contributed by atoms with Gasteiger partial charge in [-0.25, -0.2) is 9.78 Å². The van der Waals surface area contributed by atoms with Crippen LogP contribution in [0.15, 0.2) is 5.38 Å². The highest BCUT2D eigenvalue weighted by atomic mass is 32.1. The average Bonchev–Trinajstić information content (AvgIpc) is 3.08. The molecule has 0 spiro atoms. The number of thiazole rings is 1. The lowest BCUT2D eigenvalue weighted by Gasteiger charge is -2.30. The minimum Gasteiger partial charge on any atom is -0.461 e. The van der Waals surface area contributed by atoms with Crippen LogP contribution in [0.4, 0.5) is 5.13 Å². The molecular weight excluding hydrogens is 272 g/mol. The van der Waals surface area contributed by atoms with Crippen molar-refractivity contribution < 1.29 is 9.53 Å². The van der Waals surface area contributed by atoms with Crippen molar-refractivity contribution in [2.24, 2.45) is 5.92 Å². The second-order valence-electron chi connectivity index (χ2n) is 5.72. The molecule has 0 bridgehead atoms. The zero-order valence-electron chi connectivity index (χ0n) is 12.6. The molecule has 1 fully saturated rings. The molecule has 1 saturated carbocycles. The Bertz CT molecular complexity index is 439. The molecule has 0 aromatic carbocycles. The lowest BCUT2D eigenvalue weighted by molar-refractivity contribution is 0.0520. The van der Waals surface area contributed by atoms with Gasteiger partial charge in [0.15, 0.2) is 10.8 Å².